The van der Waals surface area contributed by atoms with Gasteiger partial charge in [0.25, 0.3) is 0 Å². The zero-order valence-corrected chi connectivity index (χ0v) is 17.1. The maximum absolute atomic E-state index is 12.2. The number of hydrogen-bond acceptors (Lipinski definition) is 5. The first-order valence-electron chi connectivity index (χ1n) is 9.12. The van der Waals surface area contributed by atoms with Gasteiger partial charge in [0.15, 0.2) is 0 Å². The fraction of sp³-hybridized carbons (Fsp3) is 0.500. The Kier molecular flexibility index (Phi) is 4.72. The topological polar surface area (TPSA) is 62.6 Å². The zero-order chi connectivity index (χ0) is 20.0. The van der Waals surface area contributed by atoms with Crippen molar-refractivity contribution in [2.45, 2.75) is 65.3 Å². The second-order valence-electron chi connectivity index (χ2n) is 8.87. The van der Waals surface area contributed by atoms with E-state index in [1.165, 1.54) is 4.68 Å². The molecule has 1 aromatic carbocycles. The van der Waals surface area contributed by atoms with E-state index in [1.807, 2.05) is 72.7 Å². The third-order valence-corrected chi connectivity index (χ3v) is 4.91. The molecule has 6 nitrogen and oxygen atoms in total. The van der Waals surface area contributed by atoms with Gasteiger partial charge in [-0.25, -0.2) is 4.79 Å². The van der Waals surface area contributed by atoms with Gasteiger partial charge in [-0.2, -0.15) is 9.78 Å². The lowest BCUT2D eigenvalue weighted by Crippen LogP contribution is -2.41. The molecule has 0 amide bonds. The highest BCUT2D eigenvalue weighted by Crippen LogP contribution is 2.36. The number of ether oxygens (including phenoxy) is 1. The molecule has 1 aromatic heterocycles. The molecule has 144 valence electrons. The van der Waals surface area contributed by atoms with Gasteiger partial charge in [0.2, 0.25) is 0 Å². The Labute approximate surface area is 160 Å². The van der Waals surface area contributed by atoms with E-state index in [4.69, 9.17) is 14.0 Å². The zero-order valence-electron chi connectivity index (χ0n) is 17.1. The maximum atomic E-state index is 12.2. The van der Waals surface area contributed by atoms with E-state index in [2.05, 4.69) is 5.10 Å². The average molecular weight is 370 g/mol. The van der Waals surface area contributed by atoms with Crippen LogP contribution in [0, 0.1) is 0 Å². The Hall–Kier alpha value is -2.12. The lowest BCUT2D eigenvalue weighted by atomic mass is 9.78. The van der Waals surface area contributed by atoms with E-state index in [1.54, 1.807) is 12.4 Å². The van der Waals surface area contributed by atoms with Crippen LogP contribution in [0.4, 0.5) is 4.79 Å². The number of carbonyl (C=O) groups is 1. The quantitative estimate of drug-likeness (QED) is 0.756. The second kappa shape index (κ2) is 6.50. The van der Waals surface area contributed by atoms with E-state index >= 15 is 0 Å². The van der Waals surface area contributed by atoms with Gasteiger partial charge in [0, 0.05) is 11.8 Å². The van der Waals surface area contributed by atoms with Crippen molar-refractivity contribution in [2.24, 2.45) is 0 Å². The van der Waals surface area contributed by atoms with Crippen LogP contribution in [0.2, 0.25) is 0 Å². The molecule has 0 atom stereocenters. The molecule has 27 heavy (non-hydrogen) atoms. The van der Waals surface area contributed by atoms with E-state index in [-0.39, 0.29) is 0 Å². The van der Waals surface area contributed by atoms with Crippen molar-refractivity contribution in [1.82, 2.24) is 9.78 Å². The van der Waals surface area contributed by atoms with Crippen LogP contribution in [-0.4, -0.2) is 39.8 Å². The highest BCUT2D eigenvalue weighted by atomic mass is 16.7. The van der Waals surface area contributed by atoms with Crippen LogP contribution in [0.15, 0.2) is 36.7 Å². The molecule has 1 aliphatic rings. The van der Waals surface area contributed by atoms with Crippen molar-refractivity contribution in [1.29, 1.82) is 0 Å². The average Bonchev–Trinajstić information content (AvgIpc) is 3.09. The van der Waals surface area contributed by atoms with E-state index < -0.39 is 30.0 Å². The minimum absolute atomic E-state index is 0.394. The van der Waals surface area contributed by atoms with Gasteiger partial charge in [-0.15, -0.1) is 0 Å². The Balaban J connectivity index is 1.82. The standard InChI is InChI=1S/C20H27BN2O4/c1-18(2,3)25-17(24)23-13-15(12-22-23)14-9-8-10-16(11-14)21-26-19(4,5)20(6,7)27-21/h8-13H,1-7H3. The molecule has 1 saturated heterocycles. The van der Waals surface area contributed by atoms with Crippen molar-refractivity contribution in [2.75, 3.05) is 0 Å². The number of hydrogen-bond donors (Lipinski definition) is 0. The molecule has 1 fully saturated rings. The third kappa shape index (κ3) is 4.09. The van der Waals surface area contributed by atoms with Crippen molar-refractivity contribution in [3.05, 3.63) is 36.7 Å². The van der Waals surface area contributed by atoms with Crippen LogP contribution in [0.3, 0.4) is 0 Å². The molecule has 0 N–H and O–H groups in total. The van der Waals surface area contributed by atoms with Gasteiger partial charge in [-0.3, -0.25) is 0 Å². The molecule has 0 bridgehead atoms. The molecule has 0 saturated carbocycles. The molecular formula is C20H27BN2O4. The fourth-order valence-electron chi connectivity index (χ4n) is 2.72. The van der Waals surface area contributed by atoms with Crippen LogP contribution >= 0.6 is 0 Å². The summed E-state index contributed by atoms with van der Waals surface area (Å²) in [6.45, 7) is 13.6. The van der Waals surface area contributed by atoms with Gasteiger partial charge in [0.05, 0.1) is 17.4 Å². The summed E-state index contributed by atoms with van der Waals surface area (Å²) in [5.74, 6) is 0. The minimum Gasteiger partial charge on any atom is -0.442 e. The first-order chi connectivity index (χ1) is 12.4. The summed E-state index contributed by atoms with van der Waals surface area (Å²) < 4.78 is 18.8. The summed E-state index contributed by atoms with van der Waals surface area (Å²) in [5, 5.41) is 4.13. The normalized spacial score (nSPS) is 18.6. The van der Waals surface area contributed by atoms with Gasteiger partial charge in [0.1, 0.15) is 5.60 Å². The smallest absolute Gasteiger partial charge is 0.442 e. The van der Waals surface area contributed by atoms with Gasteiger partial charge >= 0.3 is 13.2 Å². The van der Waals surface area contributed by atoms with Crippen molar-refractivity contribution >= 4 is 18.7 Å². The second-order valence-corrected chi connectivity index (χ2v) is 8.87. The van der Waals surface area contributed by atoms with Crippen LogP contribution in [0.25, 0.3) is 11.1 Å². The first kappa shape index (κ1) is 19.6. The maximum Gasteiger partial charge on any atom is 0.494 e. The van der Waals surface area contributed by atoms with E-state index in [9.17, 15) is 4.79 Å². The molecule has 7 heteroatoms. The predicted molar refractivity (Wildman–Crippen MR) is 105 cm³/mol. The Bertz CT molecular complexity index is 836. The van der Waals surface area contributed by atoms with Crippen LogP contribution in [0.5, 0.6) is 0 Å². The SMILES string of the molecule is CC(C)(C)OC(=O)n1cc(-c2cccc(B3OC(C)(C)C(C)(C)O3)c2)cn1. The lowest BCUT2D eigenvalue weighted by molar-refractivity contribution is 0.00578. The van der Waals surface area contributed by atoms with Crippen molar-refractivity contribution in [3.8, 4) is 11.1 Å². The molecule has 3 rings (SSSR count). The summed E-state index contributed by atoms with van der Waals surface area (Å²) in [6.07, 6.45) is 2.81. The molecular weight excluding hydrogens is 343 g/mol. The number of aromatic nitrogens is 2. The van der Waals surface area contributed by atoms with Crippen LogP contribution in [0.1, 0.15) is 48.5 Å². The van der Waals surface area contributed by atoms with Gasteiger partial charge < -0.3 is 14.0 Å². The highest BCUT2D eigenvalue weighted by molar-refractivity contribution is 6.62. The monoisotopic (exact) mass is 370 g/mol. The molecule has 0 spiro atoms. The first-order valence-corrected chi connectivity index (χ1v) is 9.12. The third-order valence-electron chi connectivity index (χ3n) is 4.91. The summed E-state index contributed by atoms with van der Waals surface area (Å²) in [7, 11) is -0.434. The predicted octanol–water partition coefficient (Wildman–Crippen LogP) is 3.63. The molecule has 2 heterocycles. The van der Waals surface area contributed by atoms with Crippen molar-refractivity contribution in [3.63, 3.8) is 0 Å². The Morgan fingerprint density at radius 1 is 1.11 bits per heavy atom. The Morgan fingerprint density at radius 2 is 1.74 bits per heavy atom. The summed E-state index contributed by atoms with van der Waals surface area (Å²) in [4.78, 5) is 12.2. The Morgan fingerprint density at radius 3 is 2.33 bits per heavy atom. The summed E-state index contributed by atoms with van der Waals surface area (Å²) in [6, 6.07) is 7.88. The number of carbonyl (C=O) groups excluding carboxylic acids is 1. The van der Waals surface area contributed by atoms with Crippen LogP contribution < -0.4 is 5.46 Å². The molecule has 0 radical (unpaired) electrons. The summed E-state index contributed by atoms with van der Waals surface area (Å²) in [5.41, 5.74) is 1.32. The fourth-order valence-corrected chi connectivity index (χ4v) is 2.72. The van der Waals surface area contributed by atoms with Crippen LogP contribution in [-0.2, 0) is 14.0 Å². The number of rotatable bonds is 2. The van der Waals surface area contributed by atoms with Crippen molar-refractivity contribution < 1.29 is 18.8 Å². The van der Waals surface area contributed by atoms with Gasteiger partial charge in [-0.05, 0) is 59.5 Å². The van der Waals surface area contributed by atoms with E-state index in [0.29, 0.717) is 0 Å². The largest absolute Gasteiger partial charge is 0.494 e. The summed E-state index contributed by atoms with van der Waals surface area (Å²) >= 11 is 0. The molecule has 1 aliphatic heterocycles. The molecule has 0 unspecified atom stereocenters. The number of nitrogens with zero attached hydrogens (tertiary/aromatic N) is 2. The van der Waals surface area contributed by atoms with Gasteiger partial charge in [-0.1, -0.05) is 24.3 Å². The van der Waals surface area contributed by atoms with E-state index in [0.717, 1.165) is 16.6 Å². The molecule has 2 aromatic rings. The lowest BCUT2D eigenvalue weighted by Gasteiger charge is -2.32. The highest BCUT2D eigenvalue weighted by Gasteiger charge is 2.51. The number of benzene rings is 1. The minimum atomic E-state index is -0.570. The molecule has 0 aliphatic carbocycles.